The molecule has 8 aliphatic carbocycles. The molecule has 382 valence electrons. The second-order valence-electron chi connectivity index (χ2n) is 24.4. The Bertz CT molecular complexity index is 2360. The molecule has 0 spiro atoms. The van der Waals surface area contributed by atoms with Crippen LogP contribution in [0.15, 0.2) is 60.7 Å². The third-order valence-electron chi connectivity index (χ3n) is 21.5. The molecule has 13 aliphatic rings. The number of nitrogens with one attached hydrogen (secondary N) is 2. The number of hydrogen-bond donors (Lipinski definition) is 5. The summed E-state index contributed by atoms with van der Waals surface area (Å²) < 4.78 is 17.7. The van der Waals surface area contributed by atoms with Crippen LogP contribution in [0.3, 0.4) is 0 Å². The van der Waals surface area contributed by atoms with Gasteiger partial charge in [0.2, 0.25) is 0 Å². The number of ether oxygens (including phenoxy) is 3. The zero-order chi connectivity index (χ0) is 46.5. The zero-order valence-corrected chi connectivity index (χ0v) is 42.7. The molecule has 3 aromatic carbocycles. The fourth-order valence-corrected chi connectivity index (χ4v) is 19.0. The van der Waals surface area contributed by atoms with Crippen molar-refractivity contribution in [2.24, 2.45) is 57.8 Å². The zero-order valence-electron chi connectivity index (χ0n) is 43.7. The van der Waals surface area contributed by atoms with Gasteiger partial charge in [-0.25, -0.2) is 0 Å². The summed E-state index contributed by atoms with van der Waals surface area (Å²) in [7, 11) is 1.80. The third kappa shape index (κ3) is 7.86. The van der Waals surface area contributed by atoms with E-state index in [0.29, 0.717) is 47.2 Å². The van der Waals surface area contributed by atoms with Gasteiger partial charge in [-0.3, -0.25) is 9.80 Å². The van der Waals surface area contributed by atoms with E-state index in [0.717, 1.165) is 78.1 Å². The van der Waals surface area contributed by atoms with Gasteiger partial charge < -0.3 is 42.8 Å². The summed E-state index contributed by atoms with van der Waals surface area (Å²) >= 11 is 0. The maximum Gasteiger partial charge on any atom is 1.00 e. The molecule has 0 radical (unpaired) electrons. The summed E-state index contributed by atoms with van der Waals surface area (Å²) in [5.74, 6) is 8.45. The summed E-state index contributed by atoms with van der Waals surface area (Å²) in [6, 6.07) is 24.1. The number of piperidine rings is 2. The van der Waals surface area contributed by atoms with Crippen molar-refractivity contribution >= 4 is 0 Å². The number of para-hydroxylation sites is 1. The number of phenols is 1. The first-order valence-electron chi connectivity index (χ1n) is 28.0. The summed E-state index contributed by atoms with van der Waals surface area (Å²) in [4.78, 5) is 5.89. The van der Waals surface area contributed by atoms with Gasteiger partial charge >= 0.3 is 18.9 Å². The van der Waals surface area contributed by atoms with Crippen molar-refractivity contribution in [1.29, 1.82) is 0 Å². The molecule has 0 amide bonds. The Morgan fingerprint density at radius 2 is 1.28 bits per heavy atom. The van der Waals surface area contributed by atoms with Crippen LogP contribution < -0.4 is 50.4 Å². The van der Waals surface area contributed by atoms with Crippen LogP contribution in [0.25, 0.3) is 0 Å². The first-order valence-corrected chi connectivity index (χ1v) is 28.0. The van der Waals surface area contributed by atoms with Gasteiger partial charge in [0.15, 0.2) is 11.5 Å². The van der Waals surface area contributed by atoms with Crippen LogP contribution in [-0.4, -0.2) is 112 Å². The molecule has 5 saturated heterocycles. The van der Waals surface area contributed by atoms with E-state index in [4.69, 9.17) is 25.7 Å². The normalized spacial score (nSPS) is 38.7. The molecule has 11 fully saturated rings. The molecule has 10 nitrogen and oxygen atoms in total. The van der Waals surface area contributed by atoms with E-state index >= 15 is 0 Å². The number of methoxy groups -OCH3 is 1. The van der Waals surface area contributed by atoms with Crippen molar-refractivity contribution in [3.63, 3.8) is 0 Å². The van der Waals surface area contributed by atoms with Crippen LogP contribution in [0.5, 0.6) is 23.0 Å². The van der Waals surface area contributed by atoms with E-state index in [1.54, 1.807) is 18.2 Å². The van der Waals surface area contributed by atoms with Gasteiger partial charge in [0, 0.05) is 80.0 Å². The number of rotatable bonds is 8. The predicted octanol–water partition coefficient (Wildman–Crippen LogP) is 5.67. The number of fused-ring (bicyclic) bond motifs is 2. The van der Waals surface area contributed by atoms with Crippen LogP contribution >= 0.6 is 0 Å². The van der Waals surface area contributed by atoms with Crippen LogP contribution in [-0.2, 0) is 28.4 Å². The van der Waals surface area contributed by atoms with E-state index in [1.807, 2.05) is 6.07 Å². The summed E-state index contributed by atoms with van der Waals surface area (Å²) in [6.07, 6.45) is 21.7. The Morgan fingerprint density at radius 3 is 1.85 bits per heavy atom. The van der Waals surface area contributed by atoms with Crippen molar-refractivity contribution in [2.75, 3.05) is 72.7 Å². The minimum Gasteiger partial charge on any atom is -1.00 e. The molecule has 71 heavy (non-hydrogen) atoms. The molecule has 6 saturated carbocycles. The van der Waals surface area contributed by atoms with E-state index in [-0.39, 0.29) is 33.1 Å². The molecular formula is C60H87LiN6O4. The summed E-state index contributed by atoms with van der Waals surface area (Å²) in [5.41, 5.74) is 17.4. The number of likely N-dealkylation sites (tertiary alicyclic amines) is 2. The molecule has 0 aromatic heterocycles. The fourth-order valence-electron chi connectivity index (χ4n) is 19.0. The molecule has 11 heteroatoms. The molecule has 12 atom stereocenters. The van der Waals surface area contributed by atoms with Crippen molar-refractivity contribution in [3.05, 3.63) is 82.9 Å². The number of hydrogen-bond acceptors (Lipinski definition) is 10. The molecule has 3 aromatic rings. The molecule has 8 bridgehead atoms. The second-order valence-corrected chi connectivity index (χ2v) is 24.4. The van der Waals surface area contributed by atoms with Gasteiger partial charge in [-0.2, -0.15) is 0 Å². The number of nitrogens with zero attached hydrogens (tertiary/aromatic N) is 2. The number of benzene rings is 3. The van der Waals surface area contributed by atoms with Crippen molar-refractivity contribution in [2.45, 2.75) is 145 Å². The quantitative estimate of drug-likeness (QED) is 0.181. The molecule has 16 rings (SSSR count). The van der Waals surface area contributed by atoms with Crippen LogP contribution in [0, 0.1) is 46.3 Å². The van der Waals surface area contributed by atoms with Crippen molar-refractivity contribution in [3.8, 4) is 23.0 Å². The maximum absolute atomic E-state index is 10.4. The molecule has 12 unspecified atom stereocenters. The van der Waals surface area contributed by atoms with Crippen LogP contribution in [0.2, 0.25) is 0 Å². The fraction of sp³-hybridized carbons (Fsp3) is 0.700. The van der Waals surface area contributed by atoms with Gasteiger partial charge in [0.05, 0.1) is 7.11 Å². The Kier molecular flexibility index (Phi) is 14.1. The van der Waals surface area contributed by atoms with Crippen molar-refractivity contribution < 1.29 is 39.6 Å². The maximum atomic E-state index is 10.4. The molecule has 7 N–H and O–H groups in total. The van der Waals surface area contributed by atoms with Crippen LogP contribution in [0.1, 0.15) is 121 Å². The largest absolute Gasteiger partial charge is 1.00 e. The van der Waals surface area contributed by atoms with Gasteiger partial charge in [0.1, 0.15) is 11.5 Å². The summed E-state index contributed by atoms with van der Waals surface area (Å²) in [6.45, 7) is 10.9. The van der Waals surface area contributed by atoms with E-state index in [9.17, 15) is 5.11 Å². The Balaban J connectivity index is 0.000000139. The van der Waals surface area contributed by atoms with E-state index in [1.165, 1.54) is 153 Å². The number of aromatic hydroxyl groups is 1. The van der Waals surface area contributed by atoms with Gasteiger partial charge in [0.25, 0.3) is 0 Å². The molecule has 5 aliphatic heterocycles. The second kappa shape index (κ2) is 19.8. The molecular weight excluding hydrogens is 876 g/mol. The minimum atomic E-state index is 0. The van der Waals surface area contributed by atoms with Crippen LogP contribution in [0.4, 0.5) is 0 Å². The topological polar surface area (TPSA) is 130 Å². The number of phenolic OH excluding ortho intramolecular Hbond substituents is 1. The monoisotopic (exact) mass is 963 g/mol. The minimum absolute atomic E-state index is 0. The van der Waals surface area contributed by atoms with Gasteiger partial charge in [-0.1, -0.05) is 37.8 Å². The average Bonchev–Trinajstić information content (AvgIpc) is 4.10. The number of nitrogens with two attached hydrogens (primary N) is 2. The third-order valence-corrected chi connectivity index (χ3v) is 21.5. The van der Waals surface area contributed by atoms with E-state index in [2.05, 4.69) is 75.0 Å². The smallest absolute Gasteiger partial charge is 1.00 e. The van der Waals surface area contributed by atoms with Crippen molar-refractivity contribution in [1.82, 2.24) is 20.4 Å². The standard InChI is InChI=1S/C30H36N2O2.C23H30N2O.C4H8O.C2H8N2.CH4.Li.H/c1-33-24-10-9-20-15-25-29-12-11-23-26(21(16-29)17-31-23)30(29,13-14-32(25)18-19-7-8-19)27(20)28(24)34-22-5-3-2-4-6-22;26-17-4-3-15-9-20-22-6-5-19-21(16(11-22)12-24-19)23(22,18(15)10-17)7-8-25(20)13-14-1-2-14;1-2-4-5-3-1;3-1-2-4;;;/h2-6,9-10,19,21,23,25-26,31H,7-8,11-18H2,1H3;3-4,10,14,16,19-21,24,26H,1-2,5-9,11-13H2;1-4H2;1-4H2;1H4;;/q;;;;;+1;-1. The Hall–Kier alpha value is -2.62. The average molecular weight is 963 g/mol. The Labute approximate surface area is 439 Å². The predicted molar refractivity (Wildman–Crippen MR) is 280 cm³/mol. The summed E-state index contributed by atoms with van der Waals surface area (Å²) in [5, 5.41) is 18.2. The first kappa shape index (κ1) is 50.5. The van der Waals surface area contributed by atoms with Gasteiger partial charge in [-0.15, -0.1) is 0 Å². The molecule has 5 heterocycles. The first-order chi connectivity index (χ1) is 33.9. The Morgan fingerprint density at radius 1 is 0.718 bits per heavy atom. The SMILES string of the molecule is C.C1CCOC1.COc1ccc2c(c1Oc1ccccc1)C13CCN(CC4CC4)C(C2)C12CCC1NCC(C2)C13.NCCN.Oc1ccc2c(c1)C13CCN(CC4CC4)C(C2)C12CCC1NCC(C2)C13.[H-].[Li+]. The van der Waals surface area contributed by atoms with Gasteiger partial charge in [-0.05, 0) is 222 Å². The van der Waals surface area contributed by atoms with E-state index < -0.39 is 0 Å².